The van der Waals surface area contributed by atoms with Crippen LogP contribution in [0.3, 0.4) is 0 Å². The van der Waals surface area contributed by atoms with Gasteiger partial charge in [-0.25, -0.2) is 4.98 Å². The van der Waals surface area contributed by atoms with Crippen LogP contribution in [0.2, 0.25) is 0 Å². The highest BCUT2D eigenvalue weighted by molar-refractivity contribution is 7.09. The van der Waals surface area contributed by atoms with Crippen LogP contribution in [0.15, 0.2) is 41.8 Å². The molecular weight excluding hydrogens is 304 g/mol. The smallest absolute Gasteiger partial charge is 0.121 e. The second-order valence-electron chi connectivity index (χ2n) is 6.19. The Kier molecular flexibility index (Phi) is 4.41. The van der Waals surface area contributed by atoms with Gasteiger partial charge in [-0.1, -0.05) is 18.2 Å². The number of aromatic amines is 1. The van der Waals surface area contributed by atoms with Gasteiger partial charge in [-0.05, 0) is 43.1 Å². The molecule has 3 heterocycles. The van der Waals surface area contributed by atoms with Gasteiger partial charge in [-0.3, -0.25) is 9.80 Å². The average molecular weight is 326 g/mol. The van der Waals surface area contributed by atoms with E-state index in [2.05, 4.69) is 50.5 Å². The maximum Gasteiger partial charge on any atom is 0.121 e. The summed E-state index contributed by atoms with van der Waals surface area (Å²) < 4.78 is 0. The van der Waals surface area contributed by atoms with Crippen molar-refractivity contribution in [3.05, 3.63) is 52.5 Å². The Morgan fingerprint density at radius 3 is 2.57 bits per heavy atom. The maximum atomic E-state index is 4.71. The molecule has 4 nitrogen and oxygen atoms in total. The van der Waals surface area contributed by atoms with E-state index in [1.807, 2.05) is 17.4 Å². The molecule has 0 amide bonds. The van der Waals surface area contributed by atoms with E-state index in [9.17, 15) is 0 Å². The van der Waals surface area contributed by atoms with E-state index in [1.54, 1.807) is 0 Å². The Morgan fingerprint density at radius 1 is 0.957 bits per heavy atom. The number of aromatic nitrogens is 2. The molecule has 120 valence electrons. The van der Waals surface area contributed by atoms with Crippen LogP contribution in [0, 0.1) is 0 Å². The van der Waals surface area contributed by atoms with E-state index < -0.39 is 0 Å². The summed E-state index contributed by atoms with van der Waals surface area (Å²) >= 11 is 1.86. The highest BCUT2D eigenvalue weighted by atomic mass is 32.1. The van der Waals surface area contributed by atoms with Crippen molar-refractivity contribution in [3.8, 4) is 0 Å². The first-order chi connectivity index (χ1) is 11.4. The number of imidazole rings is 1. The van der Waals surface area contributed by atoms with E-state index in [1.165, 1.54) is 17.8 Å². The molecule has 1 aromatic carbocycles. The zero-order valence-corrected chi connectivity index (χ0v) is 14.1. The molecule has 4 rings (SSSR count). The first-order valence-electron chi connectivity index (χ1n) is 8.27. The number of fused-ring (bicyclic) bond motifs is 1. The summed E-state index contributed by atoms with van der Waals surface area (Å²) in [5, 5.41) is 2.17. The number of para-hydroxylation sites is 2. The molecule has 0 saturated carbocycles. The Balaban J connectivity index is 1.36. The SMILES string of the molecule is c1csc(CN2CCCN(Cc3nc4ccccc4[nH]3)CC2)c1. The predicted octanol–water partition coefficient (Wildman–Crippen LogP) is 3.33. The lowest BCUT2D eigenvalue weighted by atomic mass is 10.3. The summed E-state index contributed by atoms with van der Waals surface area (Å²) in [6.07, 6.45) is 1.23. The third-order valence-electron chi connectivity index (χ3n) is 4.45. The predicted molar refractivity (Wildman–Crippen MR) is 95.6 cm³/mol. The lowest BCUT2D eigenvalue weighted by Gasteiger charge is -2.20. The largest absolute Gasteiger partial charge is 0.341 e. The quantitative estimate of drug-likeness (QED) is 0.799. The highest BCUT2D eigenvalue weighted by Gasteiger charge is 2.16. The average Bonchev–Trinajstić information content (AvgIpc) is 3.15. The van der Waals surface area contributed by atoms with Gasteiger partial charge in [0, 0.05) is 24.5 Å². The molecule has 1 N–H and O–H groups in total. The molecule has 1 fully saturated rings. The van der Waals surface area contributed by atoms with E-state index >= 15 is 0 Å². The van der Waals surface area contributed by atoms with Crippen molar-refractivity contribution in [1.82, 2.24) is 19.8 Å². The molecule has 0 unspecified atom stereocenters. The Bertz CT molecular complexity index is 716. The van der Waals surface area contributed by atoms with Crippen molar-refractivity contribution in [1.29, 1.82) is 0 Å². The molecule has 23 heavy (non-hydrogen) atoms. The number of benzene rings is 1. The molecule has 0 atom stereocenters. The van der Waals surface area contributed by atoms with Gasteiger partial charge in [0.1, 0.15) is 5.82 Å². The van der Waals surface area contributed by atoms with Crippen molar-refractivity contribution in [2.45, 2.75) is 19.5 Å². The minimum absolute atomic E-state index is 0.918. The summed E-state index contributed by atoms with van der Waals surface area (Å²) in [7, 11) is 0. The van der Waals surface area contributed by atoms with Crippen LogP contribution in [0.4, 0.5) is 0 Å². The summed E-state index contributed by atoms with van der Waals surface area (Å²) in [6.45, 7) is 6.60. The summed E-state index contributed by atoms with van der Waals surface area (Å²) in [4.78, 5) is 14.7. The molecule has 1 aliphatic heterocycles. The summed E-state index contributed by atoms with van der Waals surface area (Å²) in [6, 6.07) is 12.6. The number of hydrogen-bond acceptors (Lipinski definition) is 4. The minimum Gasteiger partial charge on any atom is -0.341 e. The fourth-order valence-corrected chi connectivity index (χ4v) is 4.00. The first kappa shape index (κ1) is 14.9. The van der Waals surface area contributed by atoms with Gasteiger partial charge in [0.15, 0.2) is 0 Å². The minimum atomic E-state index is 0.918. The molecule has 5 heteroatoms. The van der Waals surface area contributed by atoms with E-state index in [0.717, 1.165) is 49.6 Å². The van der Waals surface area contributed by atoms with Gasteiger partial charge in [0.2, 0.25) is 0 Å². The van der Waals surface area contributed by atoms with Crippen LogP contribution in [-0.2, 0) is 13.1 Å². The molecule has 0 bridgehead atoms. The zero-order chi connectivity index (χ0) is 15.5. The zero-order valence-electron chi connectivity index (χ0n) is 13.2. The molecule has 0 radical (unpaired) electrons. The molecule has 3 aromatic rings. The first-order valence-corrected chi connectivity index (χ1v) is 9.15. The third-order valence-corrected chi connectivity index (χ3v) is 5.31. The molecule has 0 aliphatic carbocycles. The molecule has 1 aliphatic rings. The Hall–Kier alpha value is -1.69. The normalized spacial score (nSPS) is 17.6. The lowest BCUT2D eigenvalue weighted by Crippen LogP contribution is -2.30. The van der Waals surface area contributed by atoms with E-state index in [-0.39, 0.29) is 0 Å². The standard InChI is InChI=1S/C18H22N4S/c1-2-7-17-16(6-1)19-18(20-17)14-22-9-4-8-21(10-11-22)13-15-5-3-12-23-15/h1-3,5-7,12H,4,8-11,13-14H2,(H,19,20). The summed E-state index contributed by atoms with van der Waals surface area (Å²) in [5.74, 6) is 1.08. The number of nitrogens with zero attached hydrogens (tertiary/aromatic N) is 3. The van der Waals surface area contributed by atoms with Crippen LogP contribution in [0.1, 0.15) is 17.1 Å². The number of thiophene rings is 1. The maximum absolute atomic E-state index is 4.71. The van der Waals surface area contributed by atoms with Gasteiger partial charge in [-0.15, -0.1) is 11.3 Å². The monoisotopic (exact) mass is 326 g/mol. The van der Waals surface area contributed by atoms with Gasteiger partial charge in [0.05, 0.1) is 17.6 Å². The fraction of sp³-hybridized carbons (Fsp3) is 0.389. The van der Waals surface area contributed by atoms with Crippen molar-refractivity contribution in [2.24, 2.45) is 0 Å². The van der Waals surface area contributed by atoms with Gasteiger partial charge >= 0.3 is 0 Å². The molecule has 1 saturated heterocycles. The number of nitrogens with one attached hydrogen (secondary N) is 1. The second-order valence-corrected chi connectivity index (χ2v) is 7.22. The third kappa shape index (κ3) is 3.63. The number of rotatable bonds is 4. The molecular formula is C18H22N4S. The lowest BCUT2D eigenvalue weighted by molar-refractivity contribution is 0.245. The Morgan fingerprint density at radius 2 is 1.78 bits per heavy atom. The Labute approximate surface area is 140 Å². The second kappa shape index (κ2) is 6.83. The summed E-state index contributed by atoms with van der Waals surface area (Å²) in [5.41, 5.74) is 2.20. The van der Waals surface area contributed by atoms with Crippen LogP contribution >= 0.6 is 11.3 Å². The molecule has 2 aromatic heterocycles. The van der Waals surface area contributed by atoms with Gasteiger partial charge in [-0.2, -0.15) is 0 Å². The van der Waals surface area contributed by atoms with Crippen molar-refractivity contribution in [2.75, 3.05) is 26.2 Å². The van der Waals surface area contributed by atoms with Crippen LogP contribution in [0.5, 0.6) is 0 Å². The van der Waals surface area contributed by atoms with Gasteiger partial charge < -0.3 is 4.98 Å². The van der Waals surface area contributed by atoms with Crippen molar-refractivity contribution >= 4 is 22.4 Å². The number of hydrogen-bond donors (Lipinski definition) is 1. The van der Waals surface area contributed by atoms with E-state index in [4.69, 9.17) is 4.98 Å². The number of H-pyrrole nitrogens is 1. The fourth-order valence-electron chi connectivity index (χ4n) is 3.26. The topological polar surface area (TPSA) is 35.2 Å². The molecule has 0 spiro atoms. The van der Waals surface area contributed by atoms with Crippen LogP contribution in [-0.4, -0.2) is 45.9 Å². The van der Waals surface area contributed by atoms with Crippen LogP contribution < -0.4 is 0 Å². The van der Waals surface area contributed by atoms with Crippen LogP contribution in [0.25, 0.3) is 11.0 Å². The van der Waals surface area contributed by atoms with Crippen molar-refractivity contribution in [3.63, 3.8) is 0 Å². The van der Waals surface area contributed by atoms with Gasteiger partial charge in [0.25, 0.3) is 0 Å². The highest BCUT2D eigenvalue weighted by Crippen LogP contribution is 2.15. The van der Waals surface area contributed by atoms with Crippen molar-refractivity contribution < 1.29 is 0 Å². The van der Waals surface area contributed by atoms with E-state index in [0.29, 0.717) is 0 Å².